The summed E-state index contributed by atoms with van der Waals surface area (Å²) in [5.74, 6) is -0.640. The lowest BCUT2D eigenvalue weighted by Crippen LogP contribution is -2.22. The topological polar surface area (TPSA) is 89.2 Å². The predicted octanol–water partition coefficient (Wildman–Crippen LogP) is 2.94. The van der Waals surface area contributed by atoms with Gasteiger partial charge in [-0.2, -0.15) is 5.10 Å². The number of hydrogen-bond donors (Lipinski definition) is 2. The molecular formula is C22H20N4O3. The molecule has 2 aromatic carbocycles. The molecule has 2 aromatic heterocycles. The van der Waals surface area contributed by atoms with E-state index in [1.54, 1.807) is 34.6 Å². The van der Waals surface area contributed by atoms with Gasteiger partial charge in [-0.1, -0.05) is 18.2 Å². The van der Waals surface area contributed by atoms with E-state index in [1.807, 2.05) is 35.1 Å². The normalized spacial score (nSPS) is 10.9. The van der Waals surface area contributed by atoms with Gasteiger partial charge in [0.25, 0.3) is 11.5 Å². The Balaban J connectivity index is 1.50. The minimum atomic E-state index is -0.640. The molecule has 0 aliphatic carbocycles. The zero-order valence-electron chi connectivity index (χ0n) is 15.7. The first kappa shape index (κ1) is 18.6. The number of nitrogens with one attached hydrogen (secondary N) is 1. The molecule has 0 radical (unpaired) electrons. The molecule has 0 saturated carbocycles. The third-order valence-electron chi connectivity index (χ3n) is 4.89. The summed E-state index contributed by atoms with van der Waals surface area (Å²) in [5.41, 5.74) is 3.86. The summed E-state index contributed by atoms with van der Waals surface area (Å²) in [4.78, 5) is 24.4. The van der Waals surface area contributed by atoms with Gasteiger partial charge in [0, 0.05) is 36.1 Å². The monoisotopic (exact) mass is 388 g/mol. The molecule has 4 rings (SSSR count). The summed E-state index contributed by atoms with van der Waals surface area (Å²) in [6.45, 7) is 0.567. The minimum absolute atomic E-state index is 0.152. The zero-order chi connectivity index (χ0) is 20.2. The molecule has 0 aliphatic rings. The maximum atomic E-state index is 12.8. The van der Waals surface area contributed by atoms with Crippen LogP contribution in [0.15, 0.2) is 78.0 Å². The highest BCUT2D eigenvalue weighted by Crippen LogP contribution is 2.14. The van der Waals surface area contributed by atoms with Gasteiger partial charge in [-0.25, -0.2) is 10.2 Å². The van der Waals surface area contributed by atoms with Crippen molar-refractivity contribution >= 4 is 16.7 Å². The molecule has 0 saturated heterocycles. The molecule has 0 spiro atoms. The highest BCUT2D eigenvalue weighted by Gasteiger charge is 2.09. The van der Waals surface area contributed by atoms with Gasteiger partial charge >= 0.3 is 0 Å². The molecule has 7 heteroatoms. The summed E-state index contributed by atoms with van der Waals surface area (Å²) < 4.78 is 3.47. The van der Waals surface area contributed by atoms with Crippen LogP contribution in [-0.2, 0) is 13.0 Å². The number of rotatable bonds is 6. The van der Waals surface area contributed by atoms with E-state index >= 15 is 0 Å². The number of aromatic nitrogens is 3. The Morgan fingerprint density at radius 3 is 2.76 bits per heavy atom. The highest BCUT2D eigenvalue weighted by molar-refractivity contribution is 5.97. The minimum Gasteiger partial charge on any atom is -0.315 e. The number of fused-ring (bicyclic) bond motifs is 1. The molecule has 4 aromatic rings. The molecule has 29 heavy (non-hydrogen) atoms. The van der Waals surface area contributed by atoms with Crippen LogP contribution in [-0.4, -0.2) is 25.5 Å². The second kappa shape index (κ2) is 8.12. The average molecular weight is 388 g/mol. The lowest BCUT2D eigenvalue weighted by Gasteiger charge is -2.09. The quantitative estimate of drug-likeness (QED) is 0.393. The van der Waals surface area contributed by atoms with Crippen LogP contribution < -0.4 is 11.0 Å². The van der Waals surface area contributed by atoms with E-state index in [2.05, 4.69) is 17.2 Å². The second-order valence-electron chi connectivity index (χ2n) is 6.78. The van der Waals surface area contributed by atoms with E-state index in [4.69, 9.17) is 5.21 Å². The van der Waals surface area contributed by atoms with E-state index in [0.29, 0.717) is 11.9 Å². The largest absolute Gasteiger partial charge is 0.315 e. The number of hydrogen-bond acceptors (Lipinski definition) is 4. The maximum Gasteiger partial charge on any atom is 0.274 e. The summed E-state index contributed by atoms with van der Waals surface area (Å²) >= 11 is 0. The van der Waals surface area contributed by atoms with Crippen molar-refractivity contribution in [1.29, 1.82) is 0 Å². The van der Waals surface area contributed by atoms with Crippen LogP contribution >= 0.6 is 0 Å². The van der Waals surface area contributed by atoms with Crippen molar-refractivity contribution in [3.63, 3.8) is 0 Å². The summed E-state index contributed by atoms with van der Waals surface area (Å²) in [6.07, 6.45) is 7.04. The van der Waals surface area contributed by atoms with E-state index < -0.39 is 5.91 Å². The van der Waals surface area contributed by atoms with Gasteiger partial charge in [-0.05, 0) is 60.2 Å². The Morgan fingerprint density at radius 1 is 1.07 bits per heavy atom. The molecular weight excluding hydrogens is 368 g/mol. The van der Waals surface area contributed by atoms with E-state index in [9.17, 15) is 9.59 Å². The Morgan fingerprint density at radius 2 is 1.97 bits per heavy atom. The second-order valence-corrected chi connectivity index (χ2v) is 6.78. The Kier molecular flexibility index (Phi) is 5.22. The number of pyridine rings is 1. The van der Waals surface area contributed by atoms with Crippen molar-refractivity contribution < 1.29 is 10.0 Å². The Bertz CT molecular complexity index is 1210. The number of aryl methyl sites for hydroxylation is 2. The van der Waals surface area contributed by atoms with Gasteiger partial charge in [0.15, 0.2) is 0 Å². The third-order valence-corrected chi connectivity index (χ3v) is 4.89. The number of benzene rings is 2. The van der Waals surface area contributed by atoms with Gasteiger partial charge in [0.05, 0.1) is 5.69 Å². The molecule has 0 bridgehead atoms. The van der Waals surface area contributed by atoms with Gasteiger partial charge in [0.2, 0.25) is 0 Å². The van der Waals surface area contributed by atoms with E-state index in [0.717, 1.165) is 23.9 Å². The Hall–Kier alpha value is -3.71. The van der Waals surface area contributed by atoms with Crippen molar-refractivity contribution in [3.8, 4) is 5.69 Å². The molecule has 0 unspecified atom stereocenters. The van der Waals surface area contributed by atoms with Crippen LogP contribution in [0.1, 0.15) is 22.3 Å². The maximum absolute atomic E-state index is 12.8. The molecule has 0 atom stereocenters. The van der Waals surface area contributed by atoms with E-state index in [1.165, 1.54) is 11.6 Å². The van der Waals surface area contributed by atoms with Crippen molar-refractivity contribution in [2.24, 2.45) is 0 Å². The highest BCUT2D eigenvalue weighted by atomic mass is 16.5. The summed E-state index contributed by atoms with van der Waals surface area (Å²) in [7, 11) is 0. The molecule has 146 valence electrons. The van der Waals surface area contributed by atoms with Gasteiger partial charge < -0.3 is 4.57 Å². The molecule has 1 amide bonds. The molecule has 0 aliphatic heterocycles. The molecule has 0 fully saturated rings. The van der Waals surface area contributed by atoms with Crippen molar-refractivity contribution in [1.82, 2.24) is 19.8 Å². The first-order valence-electron chi connectivity index (χ1n) is 9.32. The fraction of sp³-hybridized carbons (Fsp3) is 0.136. The van der Waals surface area contributed by atoms with Crippen molar-refractivity contribution in [2.75, 3.05) is 0 Å². The molecule has 7 nitrogen and oxygen atoms in total. The number of amides is 1. The fourth-order valence-corrected chi connectivity index (χ4v) is 3.39. The lowest BCUT2D eigenvalue weighted by molar-refractivity contribution is 0.0706. The average Bonchev–Trinajstić information content (AvgIpc) is 3.30. The number of carbonyl (C=O) groups excluding carboxylic acids is 1. The van der Waals surface area contributed by atoms with Crippen LogP contribution in [0.5, 0.6) is 0 Å². The molecule has 2 heterocycles. The molecule has 2 N–H and O–H groups in total. The van der Waals surface area contributed by atoms with Crippen LogP contribution in [0.3, 0.4) is 0 Å². The number of hydroxylamine groups is 1. The van der Waals surface area contributed by atoms with Gasteiger partial charge in [-0.15, -0.1) is 0 Å². The third kappa shape index (κ3) is 3.95. The zero-order valence-corrected chi connectivity index (χ0v) is 15.7. The predicted molar refractivity (Wildman–Crippen MR) is 109 cm³/mol. The smallest absolute Gasteiger partial charge is 0.274 e. The van der Waals surface area contributed by atoms with Crippen LogP contribution in [0.25, 0.3) is 16.5 Å². The summed E-state index contributed by atoms with van der Waals surface area (Å²) in [5, 5.41) is 14.3. The number of nitrogens with zero attached hydrogens (tertiary/aromatic N) is 3. The summed E-state index contributed by atoms with van der Waals surface area (Å²) in [6, 6.07) is 16.7. The first-order valence-corrected chi connectivity index (χ1v) is 9.32. The fourth-order valence-electron chi connectivity index (χ4n) is 3.39. The van der Waals surface area contributed by atoms with Gasteiger partial charge in [0.1, 0.15) is 0 Å². The van der Waals surface area contributed by atoms with E-state index in [-0.39, 0.29) is 11.1 Å². The van der Waals surface area contributed by atoms with Crippen molar-refractivity contribution in [3.05, 3.63) is 94.7 Å². The first-order chi connectivity index (χ1) is 14.2. The van der Waals surface area contributed by atoms with Crippen LogP contribution in [0.4, 0.5) is 0 Å². The number of carbonyl (C=O) groups is 1. The van der Waals surface area contributed by atoms with Crippen LogP contribution in [0.2, 0.25) is 0 Å². The SMILES string of the molecule is O=C(NO)c1ccc2ccn(CCCc3cccc(-n4cccn4)c3)c(=O)c2c1. The van der Waals surface area contributed by atoms with Gasteiger partial charge in [-0.3, -0.25) is 14.8 Å². The Labute approximate surface area is 166 Å². The van der Waals surface area contributed by atoms with Crippen LogP contribution in [0, 0.1) is 0 Å². The standard InChI is InChI=1S/C22H20N4O3/c27-21(24-29)18-8-7-17-9-13-25(22(28)20(17)15-18)11-2-5-16-4-1-6-19(14-16)26-12-3-10-23-26/h1,3-4,6-10,12-15,29H,2,5,11H2,(H,24,27). The lowest BCUT2D eigenvalue weighted by atomic mass is 10.1. The van der Waals surface area contributed by atoms with Crippen molar-refractivity contribution in [2.45, 2.75) is 19.4 Å².